The monoisotopic (exact) mass is 523 g/mol. The predicted molar refractivity (Wildman–Crippen MR) is 156 cm³/mol. The van der Waals surface area contributed by atoms with E-state index in [1.807, 2.05) is 6.92 Å². The second-order valence-electron chi connectivity index (χ2n) is 10.8. The van der Waals surface area contributed by atoms with Gasteiger partial charge in [0.25, 0.3) is 0 Å². The number of carbonyl (C=O) groups is 1. The van der Waals surface area contributed by atoms with Gasteiger partial charge in [0, 0.05) is 47.2 Å². The van der Waals surface area contributed by atoms with Gasteiger partial charge in [-0.25, -0.2) is 0 Å². The van der Waals surface area contributed by atoms with Gasteiger partial charge in [-0.1, -0.05) is 50.5 Å². The number of benzene rings is 2. The molecule has 6 heteroatoms. The lowest BCUT2D eigenvalue weighted by atomic mass is 9.80. The molecule has 0 atom stereocenters. The maximum Gasteiger partial charge on any atom is 0.224 e. The summed E-state index contributed by atoms with van der Waals surface area (Å²) in [6.45, 7) is 2.93. The maximum atomic E-state index is 12.5. The number of amides is 1. The topological polar surface area (TPSA) is 69.3 Å². The van der Waals surface area contributed by atoms with Gasteiger partial charge < -0.3 is 20.4 Å². The quantitative estimate of drug-likeness (QED) is 0.334. The van der Waals surface area contributed by atoms with Crippen molar-refractivity contribution in [3.63, 3.8) is 0 Å². The molecular formula is C31H42ClN3O2. The molecule has 3 N–H and O–H groups in total. The summed E-state index contributed by atoms with van der Waals surface area (Å²) in [4.78, 5) is 12.5. The number of anilines is 1. The Morgan fingerprint density at radius 3 is 2.46 bits per heavy atom. The Balaban J connectivity index is 0.00000320. The molecule has 1 heterocycles. The number of hydrogen-bond acceptors (Lipinski definition) is 3. The minimum atomic E-state index is 0. The molecule has 37 heavy (non-hydrogen) atoms. The summed E-state index contributed by atoms with van der Waals surface area (Å²) in [5, 5.41) is 4.39. The van der Waals surface area contributed by atoms with E-state index in [-0.39, 0.29) is 18.3 Å². The van der Waals surface area contributed by atoms with E-state index in [2.05, 4.69) is 52.5 Å². The number of hydrogen-bond donors (Lipinski definition) is 2. The van der Waals surface area contributed by atoms with E-state index in [1.165, 1.54) is 48.6 Å². The van der Waals surface area contributed by atoms with Crippen LogP contribution in [0.1, 0.15) is 82.6 Å². The first-order valence-corrected chi connectivity index (χ1v) is 13.9. The van der Waals surface area contributed by atoms with Crippen molar-refractivity contribution >= 4 is 34.9 Å². The van der Waals surface area contributed by atoms with Crippen molar-refractivity contribution in [2.45, 2.75) is 89.6 Å². The highest BCUT2D eigenvalue weighted by atomic mass is 35.5. The van der Waals surface area contributed by atoms with E-state index in [1.54, 1.807) is 7.11 Å². The van der Waals surface area contributed by atoms with Crippen molar-refractivity contribution in [1.82, 2.24) is 4.57 Å². The number of carbonyl (C=O) groups excluding carboxylic acids is 1. The average molecular weight is 524 g/mol. The van der Waals surface area contributed by atoms with Crippen LogP contribution in [0.25, 0.3) is 22.0 Å². The van der Waals surface area contributed by atoms with E-state index in [0.717, 1.165) is 60.7 Å². The Hall–Kier alpha value is -2.50. The smallest absolute Gasteiger partial charge is 0.224 e. The van der Waals surface area contributed by atoms with Crippen LogP contribution in [-0.4, -0.2) is 23.6 Å². The zero-order chi connectivity index (χ0) is 25.1. The molecule has 5 rings (SSSR count). The van der Waals surface area contributed by atoms with Crippen molar-refractivity contribution in [2.24, 2.45) is 11.7 Å². The standard InChI is InChI=1S/C31H41N3O2.ClH/c1-3-29(35)33-27-18-17-24(22-13-15-23(32)16-14-22)31(36-2)30(27)26-20-34(19-21-9-5-4-6-10-21)28-12-8-7-11-25(26)28;/h7-8,11-12,17-18,20-23H,3-6,9-10,13-16,19,32H2,1-2H3,(H,33,35);1H. The summed E-state index contributed by atoms with van der Waals surface area (Å²) in [5.74, 6) is 2.05. The van der Waals surface area contributed by atoms with Crippen molar-refractivity contribution < 1.29 is 9.53 Å². The minimum absolute atomic E-state index is 0. The van der Waals surface area contributed by atoms with Crippen LogP contribution in [0.5, 0.6) is 5.75 Å². The number of para-hydroxylation sites is 1. The van der Waals surface area contributed by atoms with Gasteiger partial charge in [-0.05, 0) is 68.1 Å². The molecule has 0 unspecified atom stereocenters. The average Bonchev–Trinajstić information content (AvgIpc) is 3.27. The Morgan fingerprint density at radius 2 is 1.76 bits per heavy atom. The number of ether oxygens (including phenoxy) is 1. The number of nitrogens with zero attached hydrogens (tertiary/aromatic N) is 1. The number of aromatic nitrogens is 1. The molecule has 2 saturated carbocycles. The molecule has 0 bridgehead atoms. The molecule has 0 spiro atoms. The highest BCUT2D eigenvalue weighted by molar-refractivity contribution is 6.04. The third kappa shape index (κ3) is 5.83. The number of nitrogens with two attached hydrogens (primary N) is 1. The molecule has 1 amide bonds. The van der Waals surface area contributed by atoms with E-state index >= 15 is 0 Å². The maximum absolute atomic E-state index is 12.5. The zero-order valence-corrected chi connectivity index (χ0v) is 23.1. The Labute approximate surface area is 227 Å². The zero-order valence-electron chi connectivity index (χ0n) is 22.3. The van der Waals surface area contributed by atoms with Gasteiger partial charge in [0.1, 0.15) is 5.75 Å². The van der Waals surface area contributed by atoms with Crippen molar-refractivity contribution in [1.29, 1.82) is 0 Å². The van der Waals surface area contributed by atoms with Crippen molar-refractivity contribution in [3.8, 4) is 16.9 Å². The lowest BCUT2D eigenvalue weighted by Gasteiger charge is -2.29. The van der Waals surface area contributed by atoms with Crippen LogP contribution in [0.15, 0.2) is 42.6 Å². The van der Waals surface area contributed by atoms with E-state index in [9.17, 15) is 4.79 Å². The second-order valence-corrected chi connectivity index (χ2v) is 10.8. The number of methoxy groups -OCH3 is 1. The highest BCUT2D eigenvalue weighted by Gasteiger charge is 2.28. The fourth-order valence-electron chi connectivity index (χ4n) is 6.43. The number of rotatable bonds is 7. The van der Waals surface area contributed by atoms with Crippen LogP contribution >= 0.6 is 12.4 Å². The van der Waals surface area contributed by atoms with E-state index in [4.69, 9.17) is 10.5 Å². The molecule has 1 aromatic heterocycles. The van der Waals surface area contributed by atoms with Crippen LogP contribution < -0.4 is 15.8 Å². The van der Waals surface area contributed by atoms with Gasteiger partial charge in [0.2, 0.25) is 5.91 Å². The lowest BCUT2D eigenvalue weighted by Crippen LogP contribution is -2.26. The molecule has 0 aliphatic heterocycles. The normalized spacial score (nSPS) is 20.4. The molecule has 2 aliphatic carbocycles. The first kappa shape index (κ1) is 27.5. The molecule has 2 aliphatic rings. The SMILES string of the molecule is CCC(=O)Nc1ccc(C2CCC(N)CC2)c(OC)c1-c1cn(CC2CCCCC2)c2ccccc12.Cl. The summed E-state index contributed by atoms with van der Waals surface area (Å²) < 4.78 is 8.63. The van der Waals surface area contributed by atoms with Crippen molar-refractivity contribution in [3.05, 3.63) is 48.2 Å². The molecule has 2 aromatic carbocycles. The first-order chi connectivity index (χ1) is 17.6. The minimum Gasteiger partial charge on any atom is -0.496 e. The predicted octanol–water partition coefficient (Wildman–Crippen LogP) is 7.65. The largest absolute Gasteiger partial charge is 0.496 e. The molecule has 3 aromatic rings. The van der Waals surface area contributed by atoms with E-state index in [0.29, 0.717) is 18.4 Å². The summed E-state index contributed by atoms with van der Waals surface area (Å²) in [7, 11) is 1.77. The first-order valence-electron chi connectivity index (χ1n) is 13.9. The summed E-state index contributed by atoms with van der Waals surface area (Å²) in [5.41, 5.74) is 11.7. The molecular weight excluding hydrogens is 482 g/mol. The molecule has 5 nitrogen and oxygen atoms in total. The van der Waals surface area contributed by atoms with Gasteiger partial charge in [-0.15, -0.1) is 12.4 Å². The third-order valence-corrected chi connectivity index (χ3v) is 8.44. The Bertz CT molecular complexity index is 1210. The molecule has 200 valence electrons. The number of nitrogens with one attached hydrogen (secondary N) is 1. The molecule has 2 fully saturated rings. The lowest BCUT2D eigenvalue weighted by molar-refractivity contribution is -0.115. The fraction of sp³-hybridized carbons (Fsp3) is 0.516. The summed E-state index contributed by atoms with van der Waals surface area (Å²) >= 11 is 0. The third-order valence-electron chi connectivity index (χ3n) is 8.44. The van der Waals surface area contributed by atoms with Crippen LogP contribution in [0.3, 0.4) is 0 Å². The highest BCUT2D eigenvalue weighted by Crippen LogP contribution is 2.48. The van der Waals surface area contributed by atoms with Gasteiger partial charge >= 0.3 is 0 Å². The van der Waals surface area contributed by atoms with Crippen molar-refractivity contribution in [2.75, 3.05) is 12.4 Å². The fourth-order valence-corrected chi connectivity index (χ4v) is 6.43. The van der Waals surface area contributed by atoms with Crippen LogP contribution in [-0.2, 0) is 11.3 Å². The Morgan fingerprint density at radius 1 is 1.03 bits per heavy atom. The van der Waals surface area contributed by atoms with Crippen LogP contribution in [0, 0.1) is 5.92 Å². The second kappa shape index (κ2) is 12.4. The van der Waals surface area contributed by atoms with Gasteiger partial charge in [0.15, 0.2) is 0 Å². The van der Waals surface area contributed by atoms with Gasteiger partial charge in [-0.2, -0.15) is 0 Å². The van der Waals surface area contributed by atoms with Gasteiger partial charge in [-0.3, -0.25) is 4.79 Å². The number of halogens is 1. The summed E-state index contributed by atoms with van der Waals surface area (Å²) in [6.07, 6.45) is 13.6. The Kier molecular flexibility index (Phi) is 9.20. The molecule has 0 saturated heterocycles. The van der Waals surface area contributed by atoms with E-state index < -0.39 is 0 Å². The van der Waals surface area contributed by atoms with Crippen LogP contribution in [0.2, 0.25) is 0 Å². The summed E-state index contributed by atoms with van der Waals surface area (Å²) in [6, 6.07) is 13.2. The molecule has 0 radical (unpaired) electrons. The van der Waals surface area contributed by atoms with Crippen LogP contribution in [0.4, 0.5) is 5.69 Å². The van der Waals surface area contributed by atoms with Gasteiger partial charge in [0.05, 0.1) is 12.8 Å². The number of fused-ring (bicyclic) bond motifs is 1.